The molecule has 0 aliphatic heterocycles. The van der Waals surface area contributed by atoms with Gasteiger partial charge in [-0.3, -0.25) is 4.79 Å². The third-order valence-corrected chi connectivity index (χ3v) is 7.36. The molecule has 3 unspecified atom stereocenters. The van der Waals surface area contributed by atoms with Gasteiger partial charge in [-0.05, 0) is 42.2 Å². The fraction of sp³-hybridized carbons (Fsp3) is 0.588. The van der Waals surface area contributed by atoms with Crippen LogP contribution in [0, 0.1) is 11.8 Å². The van der Waals surface area contributed by atoms with Gasteiger partial charge in [0, 0.05) is 16.6 Å². The van der Waals surface area contributed by atoms with Gasteiger partial charge in [0.25, 0.3) is 0 Å². The van der Waals surface area contributed by atoms with Crippen LogP contribution in [0.2, 0.25) is 0 Å². The molecule has 0 aromatic heterocycles. The van der Waals surface area contributed by atoms with E-state index in [9.17, 15) is 4.79 Å². The second-order valence-electron chi connectivity index (χ2n) is 6.34. The molecule has 4 heteroatoms. The maximum absolute atomic E-state index is 12.7. The van der Waals surface area contributed by atoms with Crippen molar-refractivity contribution < 1.29 is 4.79 Å². The van der Waals surface area contributed by atoms with Gasteiger partial charge in [0.2, 0.25) is 5.91 Å². The molecule has 0 heterocycles. The summed E-state index contributed by atoms with van der Waals surface area (Å²) in [6, 6.07) is 8.63. The average molecular weight is 415 g/mol. The quantitative estimate of drug-likeness (QED) is 0.724. The molecule has 3 atom stereocenters. The smallest absolute Gasteiger partial charge is 0.224 e. The van der Waals surface area contributed by atoms with Crippen LogP contribution in [0.15, 0.2) is 24.3 Å². The van der Waals surface area contributed by atoms with Gasteiger partial charge in [-0.2, -0.15) is 0 Å². The maximum Gasteiger partial charge on any atom is 0.224 e. The van der Waals surface area contributed by atoms with E-state index in [4.69, 9.17) is 0 Å². The Labute approximate surface area is 143 Å². The van der Waals surface area contributed by atoms with E-state index in [1.807, 2.05) is 0 Å². The highest BCUT2D eigenvalue weighted by molar-refractivity contribution is 9.09. The molecule has 21 heavy (non-hydrogen) atoms. The molecular weight excluding hydrogens is 394 g/mol. The fourth-order valence-electron chi connectivity index (χ4n) is 3.65. The van der Waals surface area contributed by atoms with Gasteiger partial charge in [0.15, 0.2) is 0 Å². The summed E-state index contributed by atoms with van der Waals surface area (Å²) >= 11 is 7.10. The summed E-state index contributed by atoms with van der Waals surface area (Å²) in [5.41, 5.74) is 2.69. The molecule has 1 amide bonds. The van der Waals surface area contributed by atoms with Crippen LogP contribution < -0.4 is 5.32 Å². The van der Waals surface area contributed by atoms with Crippen LogP contribution in [-0.4, -0.2) is 22.1 Å². The normalized spacial score (nSPS) is 26.7. The molecule has 0 spiro atoms. The van der Waals surface area contributed by atoms with Crippen LogP contribution in [0.4, 0.5) is 0 Å². The predicted molar refractivity (Wildman–Crippen MR) is 93.2 cm³/mol. The van der Waals surface area contributed by atoms with Crippen molar-refractivity contribution in [2.45, 2.75) is 37.6 Å². The highest BCUT2D eigenvalue weighted by Crippen LogP contribution is 2.59. The topological polar surface area (TPSA) is 29.1 Å². The Kier molecular flexibility index (Phi) is 4.47. The highest BCUT2D eigenvalue weighted by atomic mass is 79.9. The summed E-state index contributed by atoms with van der Waals surface area (Å²) in [4.78, 5) is 12.7. The Bertz CT molecular complexity index is 533. The number of benzene rings is 1. The number of carbonyl (C=O) groups is 1. The van der Waals surface area contributed by atoms with Crippen molar-refractivity contribution in [3.8, 4) is 0 Å². The van der Waals surface area contributed by atoms with Crippen LogP contribution in [-0.2, 0) is 11.2 Å². The summed E-state index contributed by atoms with van der Waals surface area (Å²) in [5, 5.41) is 4.86. The molecule has 1 aromatic rings. The Morgan fingerprint density at radius 3 is 2.71 bits per heavy atom. The van der Waals surface area contributed by atoms with Gasteiger partial charge in [0.05, 0.1) is 5.54 Å². The number of carbonyl (C=O) groups excluding carboxylic acids is 1. The third-order valence-electron chi connectivity index (χ3n) is 5.21. The lowest BCUT2D eigenvalue weighted by Crippen LogP contribution is -2.51. The molecular formula is C17H21Br2NO. The van der Waals surface area contributed by atoms with Gasteiger partial charge in [-0.25, -0.2) is 0 Å². The highest BCUT2D eigenvalue weighted by Gasteiger charge is 2.57. The van der Waals surface area contributed by atoms with Crippen molar-refractivity contribution in [1.82, 2.24) is 5.32 Å². The number of alkyl halides is 2. The largest absolute Gasteiger partial charge is 0.349 e. The van der Waals surface area contributed by atoms with Crippen molar-refractivity contribution in [3.63, 3.8) is 0 Å². The molecule has 1 fully saturated rings. The summed E-state index contributed by atoms with van der Waals surface area (Å²) in [7, 11) is 0. The van der Waals surface area contributed by atoms with Crippen LogP contribution in [0.1, 0.15) is 36.8 Å². The summed E-state index contributed by atoms with van der Waals surface area (Å²) in [5.74, 6) is 1.43. The second kappa shape index (κ2) is 6.04. The third kappa shape index (κ3) is 2.70. The van der Waals surface area contributed by atoms with Crippen LogP contribution in [0.5, 0.6) is 0 Å². The molecule has 2 nitrogen and oxygen atoms in total. The number of hydrogen-bond donors (Lipinski definition) is 1. The van der Waals surface area contributed by atoms with E-state index in [0.717, 1.165) is 29.9 Å². The predicted octanol–water partition coefficient (Wildman–Crippen LogP) is 4.02. The van der Waals surface area contributed by atoms with E-state index in [0.29, 0.717) is 11.8 Å². The minimum Gasteiger partial charge on any atom is -0.349 e. The number of amides is 1. The Hall–Kier alpha value is -0.350. The van der Waals surface area contributed by atoms with Gasteiger partial charge >= 0.3 is 0 Å². The Morgan fingerprint density at radius 2 is 2.05 bits per heavy atom. The summed E-state index contributed by atoms with van der Waals surface area (Å²) < 4.78 is 0. The van der Waals surface area contributed by atoms with E-state index in [1.54, 1.807) is 0 Å². The molecule has 3 rings (SSSR count). The number of nitrogens with one attached hydrogen (secondary N) is 1. The fourth-order valence-corrected chi connectivity index (χ4v) is 5.65. The molecule has 2 aliphatic carbocycles. The van der Waals surface area contributed by atoms with E-state index in [-0.39, 0.29) is 17.4 Å². The lowest BCUT2D eigenvalue weighted by atomic mass is 9.92. The number of hydrogen-bond acceptors (Lipinski definition) is 1. The molecule has 1 saturated carbocycles. The minimum atomic E-state index is -0.164. The van der Waals surface area contributed by atoms with Crippen molar-refractivity contribution in [3.05, 3.63) is 35.4 Å². The standard InChI is InChI=1S/C17H21Br2NO/c1-2-17(9-18,10-19)20-16(21)15-13-8-7-11-5-3-4-6-12(11)14(13)15/h3-6,13-15H,2,7-10H2,1H3,(H,20,21). The summed E-state index contributed by atoms with van der Waals surface area (Å²) in [6.07, 6.45) is 3.20. The second-order valence-corrected chi connectivity index (χ2v) is 7.46. The van der Waals surface area contributed by atoms with Crippen molar-refractivity contribution >= 4 is 37.8 Å². The first-order valence-corrected chi connectivity index (χ1v) is 9.92. The lowest BCUT2D eigenvalue weighted by Gasteiger charge is -2.30. The minimum absolute atomic E-state index is 0.164. The zero-order chi connectivity index (χ0) is 15.0. The van der Waals surface area contributed by atoms with Crippen molar-refractivity contribution in [2.24, 2.45) is 11.8 Å². The van der Waals surface area contributed by atoms with E-state index in [1.165, 1.54) is 11.1 Å². The first-order valence-electron chi connectivity index (χ1n) is 7.67. The zero-order valence-corrected chi connectivity index (χ0v) is 15.4. The molecule has 1 N–H and O–H groups in total. The van der Waals surface area contributed by atoms with E-state index < -0.39 is 0 Å². The number of rotatable bonds is 5. The first kappa shape index (κ1) is 15.5. The SMILES string of the molecule is CCC(CBr)(CBr)NC(=O)C1C2CCc3ccccc3C21. The van der Waals surface area contributed by atoms with Gasteiger partial charge < -0.3 is 5.32 Å². The molecule has 0 bridgehead atoms. The molecule has 0 radical (unpaired) electrons. The molecule has 1 aromatic carbocycles. The number of fused-ring (bicyclic) bond motifs is 3. The number of aryl methyl sites for hydroxylation is 1. The molecule has 2 aliphatic rings. The first-order chi connectivity index (χ1) is 10.2. The molecule has 0 saturated heterocycles. The van der Waals surface area contributed by atoms with Gasteiger partial charge in [-0.15, -0.1) is 0 Å². The van der Waals surface area contributed by atoms with Crippen LogP contribution in [0.25, 0.3) is 0 Å². The van der Waals surface area contributed by atoms with Crippen LogP contribution in [0.3, 0.4) is 0 Å². The van der Waals surface area contributed by atoms with Crippen molar-refractivity contribution in [2.75, 3.05) is 10.7 Å². The number of halogens is 2. The zero-order valence-electron chi connectivity index (χ0n) is 12.2. The lowest BCUT2D eigenvalue weighted by molar-refractivity contribution is -0.124. The van der Waals surface area contributed by atoms with Crippen molar-refractivity contribution in [1.29, 1.82) is 0 Å². The van der Waals surface area contributed by atoms with Gasteiger partial charge in [-0.1, -0.05) is 63.0 Å². The summed E-state index contributed by atoms with van der Waals surface area (Å²) in [6.45, 7) is 2.12. The Balaban J connectivity index is 1.74. The maximum atomic E-state index is 12.7. The van der Waals surface area contributed by atoms with E-state index in [2.05, 4.69) is 68.4 Å². The van der Waals surface area contributed by atoms with E-state index >= 15 is 0 Å². The average Bonchev–Trinajstić information content (AvgIpc) is 3.28. The Morgan fingerprint density at radius 1 is 1.33 bits per heavy atom. The monoisotopic (exact) mass is 413 g/mol. The van der Waals surface area contributed by atoms with Crippen LogP contribution >= 0.6 is 31.9 Å². The molecule has 114 valence electrons. The van der Waals surface area contributed by atoms with Gasteiger partial charge in [0.1, 0.15) is 0 Å².